The standard InChI is InChI=1S/C7H12NO3P/c1-6(2)8-4-3-7(5-8)12(9,10)11/h3-6H,1-2H3,(H2,9,10,11). The molecule has 0 aliphatic rings. The fraction of sp³-hybridized carbons (Fsp3) is 0.429. The van der Waals surface area contributed by atoms with Crippen molar-refractivity contribution in [1.29, 1.82) is 0 Å². The molecular weight excluding hydrogens is 177 g/mol. The summed E-state index contributed by atoms with van der Waals surface area (Å²) in [7, 11) is -4.06. The molecule has 0 radical (unpaired) electrons. The summed E-state index contributed by atoms with van der Waals surface area (Å²) >= 11 is 0. The van der Waals surface area contributed by atoms with Crippen LogP contribution in [0, 0.1) is 0 Å². The summed E-state index contributed by atoms with van der Waals surface area (Å²) in [6.07, 6.45) is 3.14. The zero-order valence-electron chi connectivity index (χ0n) is 7.01. The lowest BCUT2D eigenvalue weighted by Gasteiger charge is -2.05. The Morgan fingerprint density at radius 1 is 1.50 bits per heavy atom. The molecule has 0 atom stereocenters. The topological polar surface area (TPSA) is 62.5 Å². The highest BCUT2D eigenvalue weighted by atomic mass is 31.2. The van der Waals surface area contributed by atoms with Crippen molar-refractivity contribution in [2.45, 2.75) is 19.9 Å². The first-order valence-electron chi connectivity index (χ1n) is 3.65. The van der Waals surface area contributed by atoms with E-state index in [0.717, 1.165) is 0 Å². The zero-order chi connectivity index (χ0) is 9.35. The third-order valence-corrected chi connectivity index (χ3v) is 2.57. The van der Waals surface area contributed by atoms with E-state index < -0.39 is 7.60 Å². The molecule has 68 valence electrons. The van der Waals surface area contributed by atoms with E-state index in [1.54, 1.807) is 10.8 Å². The Labute approximate surface area is 71.0 Å². The minimum atomic E-state index is -4.06. The smallest absolute Gasteiger partial charge is 0.351 e. The molecule has 1 rings (SSSR count). The van der Waals surface area contributed by atoms with Crippen molar-refractivity contribution in [2.24, 2.45) is 0 Å². The lowest BCUT2D eigenvalue weighted by atomic mass is 10.4. The number of nitrogens with zero attached hydrogens (tertiary/aromatic N) is 1. The van der Waals surface area contributed by atoms with Gasteiger partial charge in [0.25, 0.3) is 0 Å². The molecule has 0 saturated heterocycles. The van der Waals surface area contributed by atoms with Crippen LogP contribution in [0.3, 0.4) is 0 Å². The van der Waals surface area contributed by atoms with Crippen LogP contribution < -0.4 is 5.30 Å². The van der Waals surface area contributed by atoms with E-state index in [1.165, 1.54) is 12.3 Å². The lowest BCUT2D eigenvalue weighted by molar-refractivity contribution is 0.387. The highest BCUT2D eigenvalue weighted by Gasteiger charge is 2.18. The van der Waals surface area contributed by atoms with Crippen LogP contribution in [0.15, 0.2) is 18.5 Å². The van der Waals surface area contributed by atoms with Crippen molar-refractivity contribution in [3.63, 3.8) is 0 Å². The van der Waals surface area contributed by atoms with E-state index in [0.29, 0.717) is 0 Å². The summed E-state index contributed by atoms with van der Waals surface area (Å²) in [4.78, 5) is 17.6. The monoisotopic (exact) mass is 189 g/mol. The van der Waals surface area contributed by atoms with E-state index in [9.17, 15) is 4.57 Å². The number of hydrogen-bond acceptors (Lipinski definition) is 1. The molecule has 5 heteroatoms. The van der Waals surface area contributed by atoms with E-state index in [-0.39, 0.29) is 11.3 Å². The minimum Gasteiger partial charge on any atom is -0.351 e. The maximum Gasteiger partial charge on any atom is 0.357 e. The third kappa shape index (κ3) is 1.97. The van der Waals surface area contributed by atoms with Gasteiger partial charge >= 0.3 is 7.60 Å². The minimum absolute atomic E-state index is 0.0798. The predicted molar refractivity (Wildman–Crippen MR) is 46.5 cm³/mol. The Hall–Kier alpha value is -0.570. The molecule has 0 bridgehead atoms. The Morgan fingerprint density at radius 2 is 2.08 bits per heavy atom. The average Bonchev–Trinajstić information content (AvgIpc) is 2.30. The largest absolute Gasteiger partial charge is 0.357 e. The van der Waals surface area contributed by atoms with Crippen LogP contribution in [-0.2, 0) is 4.57 Å². The van der Waals surface area contributed by atoms with Gasteiger partial charge in [0.05, 0.1) is 5.30 Å². The molecule has 0 aliphatic carbocycles. The Bertz CT molecular complexity index is 312. The van der Waals surface area contributed by atoms with Crippen LogP contribution in [0.2, 0.25) is 0 Å². The first kappa shape index (κ1) is 9.52. The maximum absolute atomic E-state index is 10.7. The van der Waals surface area contributed by atoms with Gasteiger partial charge in [0.2, 0.25) is 0 Å². The van der Waals surface area contributed by atoms with Crippen LogP contribution in [0.1, 0.15) is 19.9 Å². The summed E-state index contributed by atoms with van der Waals surface area (Å²) in [6, 6.07) is 1.67. The molecule has 0 aliphatic heterocycles. The molecule has 0 aromatic carbocycles. The van der Waals surface area contributed by atoms with Crippen molar-refractivity contribution >= 4 is 12.9 Å². The second-order valence-corrected chi connectivity index (χ2v) is 4.56. The quantitative estimate of drug-likeness (QED) is 0.678. The van der Waals surface area contributed by atoms with Crippen molar-refractivity contribution < 1.29 is 14.4 Å². The first-order valence-corrected chi connectivity index (χ1v) is 5.26. The average molecular weight is 189 g/mol. The maximum atomic E-state index is 10.7. The second-order valence-electron chi connectivity index (χ2n) is 2.95. The summed E-state index contributed by atoms with van der Waals surface area (Å²) in [6.45, 7) is 3.90. The Morgan fingerprint density at radius 3 is 2.33 bits per heavy atom. The Kier molecular flexibility index (Phi) is 2.42. The molecule has 2 N–H and O–H groups in total. The van der Waals surface area contributed by atoms with Crippen molar-refractivity contribution in [1.82, 2.24) is 4.57 Å². The highest BCUT2D eigenvalue weighted by molar-refractivity contribution is 7.60. The van der Waals surface area contributed by atoms with Crippen LogP contribution in [0.25, 0.3) is 0 Å². The van der Waals surface area contributed by atoms with Gasteiger partial charge in [0.1, 0.15) is 0 Å². The summed E-state index contributed by atoms with van der Waals surface area (Å²) in [5.74, 6) is 0. The molecule has 0 saturated carbocycles. The molecule has 0 spiro atoms. The number of aromatic nitrogens is 1. The van der Waals surface area contributed by atoms with Gasteiger partial charge in [0, 0.05) is 18.4 Å². The summed E-state index contributed by atoms with van der Waals surface area (Å²) in [5, 5.41) is 0.0798. The molecule has 12 heavy (non-hydrogen) atoms. The van der Waals surface area contributed by atoms with Gasteiger partial charge in [-0.2, -0.15) is 0 Å². The van der Waals surface area contributed by atoms with Gasteiger partial charge in [-0.3, -0.25) is 4.57 Å². The van der Waals surface area contributed by atoms with Crippen LogP contribution >= 0.6 is 7.60 Å². The number of rotatable bonds is 2. The van der Waals surface area contributed by atoms with Gasteiger partial charge in [0.15, 0.2) is 0 Å². The SMILES string of the molecule is CC(C)n1ccc(P(=O)(O)O)c1. The molecule has 0 fully saturated rings. The summed E-state index contributed by atoms with van der Waals surface area (Å²) < 4.78 is 12.5. The fourth-order valence-electron chi connectivity index (χ4n) is 0.895. The molecule has 1 aromatic rings. The van der Waals surface area contributed by atoms with Gasteiger partial charge < -0.3 is 14.4 Å². The van der Waals surface area contributed by atoms with E-state index in [1.807, 2.05) is 13.8 Å². The molecule has 0 unspecified atom stereocenters. The molecule has 0 amide bonds. The lowest BCUT2D eigenvalue weighted by Crippen LogP contribution is -2.02. The number of hydrogen-bond donors (Lipinski definition) is 2. The third-order valence-electron chi connectivity index (χ3n) is 1.63. The van der Waals surface area contributed by atoms with Gasteiger partial charge in [-0.1, -0.05) is 0 Å². The molecular formula is C7H12NO3P. The van der Waals surface area contributed by atoms with E-state index in [4.69, 9.17) is 9.79 Å². The van der Waals surface area contributed by atoms with E-state index in [2.05, 4.69) is 0 Å². The van der Waals surface area contributed by atoms with Gasteiger partial charge in [-0.05, 0) is 19.9 Å². The second kappa shape index (κ2) is 3.05. The van der Waals surface area contributed by atoms with Crippen LogP contribution in [-0.4, -0.2) is 14.4 Å². The van der Waals surface area contributed by atoms with Crippen LogP contribution in [0.4, 0.5) is 0 Å². The molecule has 1 heterocycles. The van der Waals surface area contributed by atoms with Crippen molar-refractivity contribution in [3.8, 4) is 0 Å². The first-order chi connectivity index (χ1) is 5.41. The zero-order valence-corrected chi connectivity index (χ0v) is 7.90. The Balaban J connectivity index is 3.00. The fourth-order valence-corrected chi connectivity index (χ4v) is 1.44. The highest BCUT2D eigenvalue weighted by Crippen LogP contribution is 2.33. The van der Waals surface area contributed by atoms with Crippen LogP contribution in [0.5, 0.6) is 0 Å². The van der Waals surface area contributed by atoms with Crippen molar-refractivity contribution in [2.75, 3.05) is 0 Å². The normalized spacial score (nSPS) is 12.4. The molecule has 4 nitrogen and oxygen atoms in total. The predicted octanol–water partition coefficient (Wildman–Crippen LogP) is 0.872. The summed E-state index contributed by atoms with van der Waals surface area (Å²) in [5.41, 5.74) is 0. The van der Waals surface area contributed by atoms with Gasteiger partial charge in [-0.15, -0.1) is 0 Å². The van der Waals surface area contributed by atoms with Gasteiger partial charge in [-0.25, -0.2) is 0 Å². The van der Waals surface area contributed by atoms with E-state index >= 15 is 0 Å². The van der Waals surface area contributed by atoms with Crippen molar-refractivity contribution in [3.05, 3.63) is 18.5 Å². The molecule has 1 aromatic heterocycles.